The average Bonchev–Trinajstić information content (AvgIpc) is 2.26. The lowest BCUT2D eigenvalue weighted by Crippen LogP contribution is -2.13. The molecule has 0 spiro atoms. The Morgan fingerprint density at radius 2 is 1.84 bits per heavy atom. The van der Waals surface area contributed by atoms with Crippen LogP contribution in [0.2, 0.25) is 5.02 Å². The average molecular weight is 283 g/mol. The molecule has 19 heavy (non-hydrogen) atoms. The number of rotatable bonds is 2. The summed E-state index contributed by atoms with van der Waals surface area (Å²) >= 11 is 5.90. The SMILES string of the molecule is Cc1cc(Cl)c(C(=O)Nc2cc(F)cc(F)c2)cn1. The molecule has 1 aromatic heterocycles. The van der Waals surface area contributed by atoms with Crippen molar-refractivity contribution in [1.29, 1.82) is 0 Å². The quantitative estimate of drug-likeness (QED) is 0.915. The van der Waals surface area contributed by atoms with E-state index in [-0.39, 0.29) is 16.3 Å². The van der Waals surface area contributed by atoms with E-state index in [2.05, 4.69) is 10.3 Å². The summed E-state index contributed by atoms with van der Waals surface area (Å²) in [6, 6.07) is 4.27. The zero-order valence-corrected chi connectivity index (χ0v) is 10.6. The van der Waals surface area contributed by atoms with E-state index in [1.54, 1.807) is 6.92 Å². The van der Waals surface area contributed by atoms with Crippen LogP contribution in [0.1, 0.15) is 16.1 Å². The highest BCUT2D eigenvalue weighted by molar-refractivity contribution is 6.34. The molecule has 0 aliphatic rings. The van der Waals surface area contributed by atoms with E-state index in [9.17, 15) is 13.6 Å². The molecule has 2 aromatic rings. The molecule has 1 heterocycles. The fourth-order valence-corrected chi connectivity index (χ4v) is 1.81. The number of aromatic nitrogens is 1. The van der Waals surface area contributed by atoms with Crippen LogP contribution in [-0.4, -0.2) is 10.9 Å². The molecule has 0 aliphatic heterocycles. The summed E-state index contributed by atoms with van der Waals surface area (Å²) in [5.41, 5.74) is 0.814. The molecule has 0 unspecified atom stereocenters. The van der Waals surface area contributed by atoms with Gasteiger partial charge in [0.2, 0.25) is 0 Å². The Morgan fingerprint density at radius 1 is 1.21 bits per heavy atom. The van der Waals surface area contributed by atoms with Gasteiger partial charge in [-0.15, -0.1) is 0 Å². The number of pyridine rings is 1. The highest BCUT2D eigenvalue weighted by Gasteiger charge is 2.12. The van der Waals surface area contributed by atoms with Crippen LogP contribution in [0.4, 0.5) is 14.5 Å². The van der Waals surface area contributed by atoms with Gasteiger partial charge in [-0.1, -0.05) is 11.6 Å². The first kappa shape index (κ1) is 13.4. The predicted octanol–water partition coefficient (Wildman–Crippen LogP) is 3.57. The zero-order chi connectivity index (χ0) is 14.0. The minimum Gasteiger partial charge on any atom is -0.322 e. The van der Waals surface area contributed by atoms with E-state index in [0.717, 1.165) is 18.2 Å². The minimum atomic E-state index is -0.775. The van der Waals surface area contributed by atoms with Gasteiger partial charge in [0.1, 0.15) is 11.6 Å². The monoisotopic (exact) mass is 282 g/mol. The topological polar surface area (TPSA) is 42.0 Å². The van der Waals surface area contributed by atoms with E-state index in [1.807, 2.05) is 0 Å². The van der Waals surface area contributed by atoms with Crippen LogP contribution in [0, 0.1) is 18.6 Å². The molecular formula is C13H9ClF2N2O. The number of hydrogen-bond acceptors (Lipinski definition) is 2. The lowest BCUT2D eigenvalue weighted by Gasteiger charge is -2.07. The number of nitrogens with zero attached hydrogens (tertiary/aromatic N) is 1. The number of amides is 1. The predicted molar refractivity (Wildman–Crippen MR) is 68.3 cm³/mol. The Hall–Kier alpha value is -2.01. The Bertz CT molecular complexity index is 626. The fraction of sp³-hybridized carbons (Fsp3) is 0.0769. The molecule has 1 amide bonds. The summed E-state index contributed by atoms with van der Waals surface area (Å²) in [5.74, 6) is -2.13. The van der Waals surface area contributed by atoms with Gasteiger partial charge in [-0.25, -0.2) is 8.78 Å². The third-order valence-electron chi connectivity index (χ3n) is 2.36. The highest BCUT2D eigenvalue weighted by atomic mass is 35.5. The van der Waals surface area contributed by atoms with Crippen LogP contribution in [-0.2, 0) is 0 Å². The van der Waals surface area contributed by atoms with Crippen molar-refractivity contribution >= 4 is 23.2 Å². The number of halogens is 3. The van der Waals surface area contributed by atoms with Crippen molar-refractivity contribution in [2.75, 3.05) is 5.32 Å². The molecule has 98 valence electrons. The molecule has 0 saturated carbocycles. The second kappa shape index (κ2) is 5.32. The summed E-state index contributed by atoms with van der Waals surface area (Å²) in [5, 5.41) is 2.58. The maximum atomic E-state index is 13.0. The van der Waals surface area contributed by atoms with E-state index in [1.165, 1.54) is 12.3 Å². The van der Waals surface area contributed by atoms with Crippen molar-refractivity contribution in [2.24, 2.45) is 0 Å². The molecule has 0 saturated heterocycles. The van der Waals surface area contributed by atoms with Gasteiger partial charge in [-0.2, -0.15) is 0 Å². The van der Waals surface area contributed by atoms with Gasteiger partial charge >= 0.3 is 0 Å². The summed E-state index contributed by atoms with van der Waals surface area (Å²) in [6.45, 7) is 1.73. The first-order chi connectivity index (χ1) is 8.95. The number of benzene rings is 1. The van der Waals surface area contributed by atoms with E-state index in [4.69, 9.17) is 11.6 Å². The number of carbonyl (C=O) groups excluding carboxylic acids is 1. The van der Waals surface area contributed by atoms with Crippen LogP contribution in [0.3, 0.4) is 0 Å². The summed E-state index contributed by atoms with van der Waals surface area (Å²) in [7, 11) is 0. The van der Waals surface area contributed by atoms with Crippen molar-refractivity contribution in [1.82, 2.24) is 4.98 Å². The molecule has 2 rings (SSSR count). The van der Waals surface area contributed by atoms with Crippen LogP contribution < -0.4 is 5.32 Å². The van der Waals surface area contributed by atoms with Gasteiger partial charge in [-0.05, 0) is 25.1 Å². The number of anilines is 1. The lowest BCUT2D eigenvalue weighted by atomic mass is 10.2. The van der Waals surface area contributed by atoms with Crippen molar-refractivity contribution in [2.45, 2.75) is 6.92 Å². The maximum Gasteiger partial charge on any atom is 0.258 e. The van der Waals surface area contributed by atoms with Gasteiger partial charge in [0.05, 0.1) is 10.6 Å². The summed E-state index contributed by atoms with van der Waals surface area (Å²) < 4.78 is 26.0. The fourth-order valence-electron chi connectivity index (χ4n) is 1.52. The molecule has 1 aromatic carbocycles. The Kier molecular flexibility index (Phi) is 3.76. The number of hydrogen-bond donors (Lipinski definition) is 1. The van der Waals surface area contributed by atoms with Gasteiger partial charge in [0, 0.05) is 23.6 Å². The third kappa shape index (κ3) is 3.26. The van der Waals surface area contributed by atoms with Crippen molar-refractivity contribution in [3.8, 4) is 0 Å². The van der Waals surface area contributed by atoms with Crippen molar-refractivity contribution in [3.63, 3.8) is 0 Å². The Balaban J connectivity index is 2.25. The summed E-state index contributed by atoms with van der Waals surface area (Å²) in [4.78, 5) is 15.8. The Morgan fingerprint density at radius 3 is 2.42 bits per heavy atom. The normalized spacial score (nSPS) is 10.3. The molecule has 0 fully saturated rings. The van der Waals surface area contributed by atoms with Crippen LogP contribution >= 0.6 is 11.6 Å². The highest BCUT2D eigenvalue weighted by Crippen LogP contribution is 2.19. The molecule has 3 nitrogen and oxygen atoms in total. The molecule has 0 atom stereocenters. The van der Waals surface area contributed by atoms with Gasteiger partial charge in [0.25, 0.3) is 5.91 Å². The zero-order valence-electron chi connectivity index (χ0n) is 9.88. The standard InChI is InChI=1S/C13H9ClF2N2O/c1-7-2-12(14)11(6-17-7)13(19)18-10-4-8(15)3-9(16)5-10/h2-6H,1H3,(H,18,19). The minimum absolute atomic E-state index is 0.0131. The largest absolute Gasteiger partial charge is 0.322 e. The maximum absolute atomic E-state index is 13.0. The third-order valence-corrected chi connectivity index (χ3v) is 2.67. The van der Waals surface area contributed by atoms with Gasteiger partial charge in [0.15, 0.2) is 0 Å². The van der Waals surface area contributed by atoms with Crippen molar-refractivity contribution < 1.29 is 13.6 Å². The first-order valence-electron chi connectivity index (χ1n) is 5.35. The smallest absolute Gasteiger partial charge is 0.258 e. The van der Waals surface area contributed by atoms with Crippen molar-refractivity contribution in [3.05, 3.63) is 58.4 Å². The molecule has 0 radical (unpaired) electrons. The molecule has 1 N–H and O–H groups in total. The number of nitrogens with one attached hydrogen (secondary N) is 1. The first-order valence-corrected chi connectivity index (χ1v) is 5.73. The van der Waals surface area contributed by atoms with Gasteiger partial charge in [-0.3, -0.25) is 9.78 Å². The van der Waals surface area contributed by atoms with E-state index >= 15 is 0 Å². The lowest BCUT2D eigenvalue weighted by molar-refractivity contribution is 0.102. The van der Waals surface area contributed by atoms with Gasteiger partial charge < -0.3 is 5.32 Å². The number of aryl methyl sites for hydroxylation is 1. The van der Waals surface area contributed by atoms with Crippen LogP contribution in [0.5, 0.6) is 0 Å². The van der Waals surface area contributed by atoms with Crippen LogP contribution in [0.15, 0.2) is 30.5 Å². The second-order valence-corrected chi connectivity index (χ2v) is 4.32. The second-order valence-electron chi connectivity index (χ2n) is 3.92. The van der Waals surface area contributed by atoms with Crippen LogP contribution in [0.25, 0.3) is 0 Å². The molecule has 0 bridgehead atoms. The molecule has 6 heteroatoms. The van der Waals surface area contributed by atoms with E-state index < -0.39 is 17.5 Å². The molecular weight excluding hydrogens is 274 g/mol. The van der Waals surface area contributed by atoms with E-state index in [0.29, 0.717) is 5.69 Å². The Labute approximate surface area is 113 Å². The molecule has 0 aliphatic carbocycles. The summed E-state index contributed by atoms with van der Waals surface area (Å²) in [6.07, 6.45) is 1.31. The number of carbonyl (C=O) groups is 1.